The maximum Gasteiger partial charge on any atom is 0.410 e. The summed E-state index contributed by atoms with van der Waals surface area (Å²) in [5.41, 5.74) is 3.10. The summed E-state index contributed by atoms with van der Waals surface area (Å²) in [6.07, 6.45) is 7.53. The quantitative estimate of drug-likeness (QED) is 0.687. The highest BCUT2D eigenvalue weighted by Gasteiger charge is 2.57. The van der Waals surface area contributed by atoms with Crippen LogP contribution < -0.4 is 0 Å². The Hall–Kier alpha value is -1.22. The zero-order valence-electron chi connectivity index (χ0n) is 16.2. The van der Waals surface area contributed by atoms with Crippen LogP contribution in [0.1, 0.15) is 64.0 Å². The monoisotopic (exact) mass is 375 g/mol. The zero-order valence-corrected chi connectivity index (χ0v) is 16.9. The fourth-order valence-corrected chi connectivity index (χ4v) is 5.17. The Bertz CT molecular complexity index is 705. The van der Waals surface area contributed by atoms with Crippen LogP contribution in [0.2, 0.25) is 5.02 Å². The van der Waals surface area contributed by atoms with Crippen LogP contribution in [0.5, 0.6) is 0 Å². The van der Waals surface area contributed by atoms with Crippen LogP contribution in [0.4, 0.5) is 4.79 Å². The summed E-state index contributed by atoms with van der Waals surface area (Å²) in [5.74, 6) is 1.49. The highest BCUT2D eigenvalue weighted by atomic mass is 35.5. The van der Waals surface area contributed by atoms with E-state index in [1.54, 1.807) is 0 Å². The van der Waals surface area contributed by atoms with Crippen molar-refractivity contribution >= 4 is 17.7 Å². The summed E-state index contributed by atoms with van der Waals surface area (Å²) >= 11 is 6.24. The van der Waals surface area contributed by atoms with E-state index in [0.29, 0.717) is 11.3 Å². The molecule has 2 atom stereocenters. The minimum atomic E-state index is -0.400. The van der Waals surface area contributed by atoms with Gasteiger partial charge in [0.25, 0.3) is 0 Å². The van der Waals surface area contributed by atoms with Crippen molar-refractivity contribution in [2.75, 3.05) is 13.1 Å². The van der Waals surface area contributed by atoms with E-state index >= 15 is 0 Å². The summed E-state index contributed by atoms with van der Waals surface area (Å²) in [4.78, 5) is 13.8. The van der Waals surface area contributed by atoms with Gasteiger partial charge in [0, 0.05) is 18.1 Å². The molecule has 4 heteroatoms. The van der Waals surface area contributed by atoms with Crippen molar-refractivity contribution in [2.45, 2.75) is 70.3 Å². The van der Waals surface area contributed by atoms with Gasteiger partial charge in [-0.1, -0.05) is 24.1 Å². The van der Waals surface area contributed by atoms with Gasteiger partial charge in [-0.05, 0) is 93.4 Å². The molecule has 1 aromatic rings. The van der Waals surface area contributed by atoms with Crippen molar-refractivity contribution in [1.82, 2.24) is 4.90 Å². The minimum Gasteiger partial charge on any atom is -0.444 e. The van der Waals surface area contributed by atoms with Crippen molar-refractivity contribution in [3.63, 3.8) is 0 Å². The van der Waals surface area contributed by atoms with E-state index in [-0.39, 0.29) is 6.09 Å². The number of hydrogen-bond acceptors (Lipinski definition) is 2. The molecule has 3 nitrogen and oxygen atoms in total. The van der Waals surface area contributed by atoms with E-state index in [9.17, 15) is 4.79 Å². The molecule has 1 heterocycles. The van der Waals surface area contributed by atoms with Crippen molar-refractivity contribution in [3.8, 4) is 0 Å². The highest BCUT2D eigenvalue weighted by molar-refractivity contribution is 6.30. The number of aryl methyl sites for hydroxylation is 1. The molecule has 2 fully saturated rings. The number of amides is 1. The fraction of sp³-hybridized carbons (Fsp3) is 0.682. The van der Waals surface area contributed by atoms with E-state index in [4.69, 9.17) is 16.3 Å². The Morgan fingerprint density at radius 3 is 2.81 bits per heavy atom. The van der Waals surface area contributed by atoms with Crippen LogP contribution in [0.15, 0.2) is 18.2 Å². The lowest BCUT2D eigenvalue weighted by molar-refractivity contribution is -0.00247. The summed E-state index contributed by atoms with van der Waals surface area (Å²) in [6.45, 7) is 7.48. The Balaban J connectivity index is 1.19. The molecule has 1 amide bonds. The first-order valence-electron chi connectivity index (χ1n) is 10.0. The maximum absolute atomic E-state index is 12.0. The molecule has 26 heavy (non-hydrogen) atoms. The molecule has 0 aromatic heterocycles. The third kappa shape index (κ3) is 3.47. The molecule has 0 N–H and O–H groups in total. The SMILES string of the molecule is CC(C)(C)OC(=O)N1CC(CCCC2CC23CCc2ccc(Cl)cc23)C1. The Kier molecular flexibility index (Phi) is 4.50. The summed E-state index contributed by atoms with van der Waals surface area (Å²) in [7, 11) is 0. The molecular formula is C22H30ClNO2. The second-order valence-electron chi connectivity index (χ2n) is 9.54. The Morgan fingerprint density at radius 2 is 2.08 bits per heavy atom. The van der Waals surface area contributed by atoms with Crippen LogP contribution in [-0.4, -0.2) is 29.7 Å². The maximum atomic E-state index is 12.0. The van der Waals surface area contributed by atoms with E-state index < -0.39 is 5.60 Å². The van der Waals surface area contributed by atoms with Crippen molar-refractivity contribution in [2.24, 2.45) is 11.8 Å². The van der Waals surface area contributed by atoms with Crippen LogP contribution in [0.25, 0.3) is 0 Å². The van der Waals surface area contributed by atoms with E-state index in [0.717, 1.165) is 24.0 Å². The van der Waals surface area contributed by atoms with Gasteiger partial charge in [-0.2, -0.15) is 0 Å². The number of hydrogen-bond donors (Lipinski definition) is 0. The lowest BCUT2D eigenvalue weighted by Gasteiger charge is -2.40. The van der Waals surface area contributed by atoms with Gasteiger partial charge in [-0.25, -0.2) is 4.79 Å². The minimum absolute atomic E-state index is 0.158. The predicted molar refractivity (Wildman–Crippen MR) is 105 cm³/mol. The summed E-state index contributed by atoms with van der Waals surface area (Å²) < 4.78 is 5.43. The molecular weight excluding hydrogens is 346 g/mol. The van der Waals surface area contributed by atoms with Crippen molar-refractivity contribution in [1.29, 1.82) is 0 Å². The third-order valence-corrected chi connectivity index (χ3v) is 6.69. The molecule has 3 aliphatic rings. The molecule has 1 spiro atoms. The lowest BCUT2D eigenvalue weighted by atomic mass is 9.90. The van der Waals surface area contributed by atoms with Crippen LogP contribution in [0.3, 0.4) is 0 Å². The molecule has 0 radical (unpaired) electrons. The molecule has 2 aliphatic carbocycles. The number of rotatable bonds is 4. The van der Waals surface area contributed by atoms with Gasteiger partial charge in [0.2, 0.25) is 0 Å². The zero-order chi connectivity index (χ0) is 18.5. The molecule has 1 aliphatic heterocycles. The Labute approximate surface area is 162 Å². The second kappa shape index (κ2) is 6.44. The first-order valence-corrected chi connectivity index (χ1v) is 10.4. The van der Waals surface area contributed by atoms with E-state index in [1.807, 2.05) is 31.7 Å². The van der Waals surface area contributed by atoms with Gasteiger partial charge in [-0.3, -0.25) is 0 Å². The summed E-state index contributed by atoms with van der Waals surface area (Å²) in [6, 6.07) is 6.47. The number of carbonyl (C=O) groups excluding carboxylic acids is 1. The highest BCUT2D eigenvalue weighted by Crippen LogP contribution is 2.63. The van der Waals surface area contributed by atoms with Crippen LogP contribution in [-0.2, 0) is 16.6 Å². The predicted octanol–water partition coefficient (Wildman–Crippen LogP) is 5.58. The van der Waals surface area contributed by atoms with Crippen molar-refractivity contribution < 1.29 is 9.53 Å². The average Bonchev–Trinajstić information content (AvgIpc) is 3.08. The Morgan fingerprint density at radius 1 is 1.31 bits per heavy atom. The van der Waals surface area contributed by atoms with Gasteiger partial charge in [0.1, 0.15) is 5.60 Å². The number of halogens is 1. The lowest BCUT2D eigenvalue weighted by Crippen LogP contribution is -2.51. The normalized spacial score (nSPS) is 27.4. The van der Waals surface area contributed by atoms with Gasteiger partial charge in [-0.15, -0.1) is 0 Å². The number of fused-ring (bicyclic) bond motifs is 2. The van der Waals surface area contributed by atoms with E-state index in [1.165, 1.54) is 49.7 Å². The van der Waals surface area contributed by atoms with Gasteiger partial charge < -0.3 is 9.64 Å². The molecule has 1 saturated carbocycles. The average molecular weight is 376 g/mol. The molecule has 142 valence electrons. The largest absolute Gasteiger partial charge is 0.444 e. The molecule has 4 rings (SSSR count). The molecule has 2 unspecified atom stereocenters. The number of likely N-dealkylation sites (tertiary alicyclic amines) is 1. The second-order valence-corrected chi connectivity index (χ2v) is 9.98. The van der Waals surface area contributed by atoms with Crippen LogP contribution in [0, 0.1) is 11.8 Å². The summed E-state index contributed by atoms with van der Waals surface area (Å²) in [5, 5.41) is 0.882. The van der Waals surface area contributed by atoms with Gasteiger partial charge in [0.15, 0.2) is 0 Å². The first-order chi connectivity index (χ1) is 12.3. The molecule has 0 bridgehead atoms. The number of benzene rings is 1. The van der Waals surface area contributed by atoms with Gasteiger partial charge in [0.05, 0.1) is 0 Å². The van der Waals surface area contributed by atoms with Crippen molar-refractivity contribution in [3.05, 3.63) is 34.3 Å². The third-order valence-electron chi connectivity index (χ3n) is 6.45. The molecule has 1 aromatic carbocycles. The van der Waals surface area contributed by atoms with Gasteiger partial charge >= 0.3 is 6.09 Å². The molecule has 1 saturated heterocycles. The van der Waals surface area contributed by atoms with Crippen LogP contribution >= 0.6 is 11.6 Å². The smallest absolute Gasteiger partial charge is 0.410 e. The number of nitrogens with zero attached hydrogens (tertiary/aromatic N) is 1. The van der Waals surface area contributed by atoms with E-state index in [2.05, 4.69) is 12.1 Å². The fourth-order valence-electron chi connectivity index (χ4n) is 5.00. The first kappa shape index (κ1) is 18.2. The standard InChI is InChI=1S/C22H30ClNO2/c1-21(2,3)26-20(25)24-13-15(14-24)5-4-6-17-12-22(17)10-9-16-7-8-18(23)11-19(16)22/h7-8,11,15,17H,4-6,9-10,12-14H2,1-3H3. The topological polar surface area (TPSA) is 29.5 Å². The number of carbonyl (C=O) groups is 1. The number of ether oxygens (including phenoxy) is 1.